The molecule has 1 amide bonds. The highest BCUT2D eigenvalue weighted by atomic mass is 16.6. The van der Waals surface area contributed by atoms with Gasteiger partial charge in [0.05, 0.1) is 19.0 Å². The van der Waals surface area contributed by atoms with E-state index < -0.39 is 23.7 Å². The standard InChI is InChI=1S/C13H17N3O4/c1-13(2,3)20-12(18)16-9-7-14-6-5-8(9)10(15-16)11(17)19-4/h5-7,10,15H,1-4H3/t10-/m1/s1. The minimum atomic E-state index is -0.745. The number of hydrogen-bond acceptors (Lipinski definition) is 6. The van der Waals surface area contributed by atoms with Crippen LogP contribution in [0.4, 0.5) is 10.5 Å². The zero-order valence-electron chi connectivity index (χ0n) is 11.8. The zero-order chi connectivity index (χ0) is 14.9. The van der Waals surface area contributed by atoms with Crippen LogP contribution in [0.25, 0.3) is 0 Å². The number of aromatic nitrogens is 1. The lowest BCUT2D eigenvalue weighted by molar-refractivity contribution is -0.143. The number of nitrogens with one attached hydrogen (secondary N) is 1. The first kappa shape index (κ1) is 14.3. The number of pyridine rings is 1. The van der Waals surface area contributed by atoms with Crippen LogP contribution in [0.5, 0.6) is 0 Å². The number of hydrazine groups is 1. The molecular weight excluding hydrogens is 262 g/mol. The summed E-state index contributed by atoms with van der Waals surface area (Å²) in [6.45, 7) is 5.30. The van der Waals surface area contributed by atoms with Crippen molar-refractivity contribution in [3.63, 3.8) is 0 Å². The highest BCUT2D eigenvalue weighted by Gasteiger charge is 2.38. The molecule has 0 radical (unpaired) electrons. The lowest BCUT2D eigenvalue weighted by Gasteiger charge is -2.24. The van der Waals surface area contributed by atoms with E-state index in [1.54, 1.807) is 33.0 Å². The number of anilines is 1. The van der Waals surface area contributed by atoms with Crippen molar-refractivity contribution in [2.24, 2.45) is 0 Å². The van der Waals surface area contributed by atoms with Crippen LogP contribution in [0.3, 0.4) is 0 Å². The molecule has 1 aliphatic heterocycles. The quantitative estimate of drug-likeness (QED) is 0.786. The number of fused-ring (bicyclic) bond motifs is 1. The first-order chi connectivity index (χ1) is 9.33. The number of amides is 1. The van der Waals surface area contributed by atoms with Gasteiger partial charge in [-0.1, -0.05) is 0 Å². The van der Waals surface area contributed by atoms with Crippen LogP contribution < -0.4 is 10.4 Å². The molecule has 0 fully saturated rings. The molecule has 20 heavy (non-hydrogen) atoms. The van der Waals surface area contributed by atoms with Crippen LogP contribution in [-0.2, 0) is 14.3 Å². The van der Waals surface area contributed by atoms with Gasteiger partial charge in [0.1, 0.15) is 5.60 Å². The minimum Gasteiger partial charge on any atom is -0.468 e. The molecule has 7 heteroatoms. The second-order valence-electron chi connectivity index (χ2n) is 5.34. The smallest absolute Gasteiger partial charge is 0.429 e. The fraction of sp³-hybridized carbons (Fsp3) is 0.462. The van der Waals surface area contributed by atoms with Crippen LogP contribution in [0.2, 0.25) is 0 Å². The average molecular weight is 279 g/mol. The van der Waals surface area contributed by atoms with E-state index in [1.807, 2.05) is 0 Å². The molecule has 1 N–H and O–H groups in total. The van der Waals surface area contributed by atoms with Gasteiger partial charge >= 0.3 is 12.1 Å². The molecule has 0 bridgehead atoms. The molecule has 0 saturated carbocycles. The molecule has 1 aromatic rings. The van der Waals surface area contributed by atoms with Crippen LogP contribution in [0, 0.1) is 0 Å². The summed E-state index contributed by atoms with van der Waals surface area (Å²) >= 11 is 0. The van der Waals surface area contributed by atoms with Gasteiger partial charge in [-0.15, -0.1) is 0 Å². The molecule has 1 aromatic heterocycles. The third-order valence-electron chi connectivity index (χ3n) is 2.66. The summed E-state index contributed by atoms with van der Waals surface area (Å²) in [6, 6.07) is 0.916. The number of hydrogen-bond donors (Lipinski definition) is 1. The molecule has 0 aliphatic carbocycles. The molecular formula is C13H17N3O4. The number of nitrogens with zero attached hydrogens (tertiary/aromatic N) is 2. The van der Waals surface area contributed by atoms with Gasteiger partial charge < -0.3 is 9.47 Å². The lowest BCUT2D eigenvalue weighted by atomic mass is 10.1. The van der Waals surface area contributed by atoms with Crippen LogP contribution in [-0.4, -0.2) is 29.8 Å². The molecule has 0 aromatic carbocycles. The van der Waals surface area contributed by atoms with Crippen molar-refractivity contribution in [2.75, 3.05) is 12.1 Å². The van der Waals surface area contributed by atoms with Crippen LogP contribution in [0.15, 0.2) is 18.5 Å². The number of esters is 1. The third kappa shape index (κ3) is 2.72. The Bertz CT molecular complexity index is 539. The van der Waals surface area contributed by atoms with Gasteiger partial charge in [-0.3, -0.25) is 4.98 Å². The number of rotatable bonds is 1. The first-order valence-electron chi connectivity index (χ1n) is 6.14. The van der Waals surface area contributed by atoms with Gasteiger partial charge in [-0.05, 0) is 26.8 Å². The highest BCUT2D eigenvalue weighted by molar-refractivity contribution is 5.93. The Morgan fingerprint density at radius 3 is 2.70 bits per heavy atom. The Kier molecular flexibility index (Phi) is 3.63. The maximum Gasteiger partial charge on any atom is 0.429 e. The zero-order valence-corrected chi connectivity index (χ0v) is 11.8. The van der Waals surface area contributed by atoms with Gasteiger partial charge in [0.25, 0.3) is 0 Å². The summed E-state index contributed by atoms with van der Waals surface area (Å²) in [4.78, 5) is 27.9. The van der Waals surface area contributed by atoms with Crippen molar-refractivity contribution in [1.29, 1.82) is 0 Å². The summed E-state index contributed by atoms with van der Waals surface area (Å²) in [5, 5.41) is 1.18. The van der Waals surface area contributed by atoms with Crippen molar-refractivity contribution in [3.8, 4) is 0 Å². The molecule has 2 heterocycles. The van der Waals surface area contributed by atoms with E-state index >= 15 is 0 Å². The summed E-state index contributed by atoms with van der Waals surface area (Å²) in [5.74, 6) is -0.483. The van der Waals surface area contributed by atoms with E-state index in [-0.39, 0.29) is 0 Å². The fourth-order valence-corrected chi connectivity index (χ4v) is 1.85. The predicted molar refractivity (Wildman–Crippen MR) is 70.8 cm³/mol. The van der Waals surface area contributed by atoms with Crippen molar-refractivity contribution in [2.45, 2.75) is 32.4 Å². The molecule has 1 atom stereocenters. The topological polar surface area (TPSA) is 80.8 Å². The number of methoxy groups -OCH3 is 1. The van der Waals surface area contributed by atoms with E-state index in [1.165, 1.54) is 18.3 Å². The second kappa shape index (κ2) is 5.09. The van der Waals surface area contributed by atoms with E-state index in [9.17, 15) is 9.59 Å². The number of ether oxygens (including phenoxy) is 2. The molecule has 7 nitrogen and oxygen atoms in total. The Morgan fingerprint density at radius 1 is 1.40 bits per heavy atom. The van der Waals surface area contributed by atoms with Gasteiger partial charge in [-0.25, -0.2) is 20.0 Å². The predicted octanol–water partition coefficient (Wildman–Crippen LogP) is 1.56. The van der Waals surface area contributed by atoms with Crippen molar-refractivity contribution < 1.29 is 19.1 Å². The SMILES string of the molecule is COC(=O)[C@@H]1NN(C(=O)OC(C)(C)C)c2cnccc21. The highest BCUT2D eigenvalue weighted by Crippen LogP contribution is 2.33. The van der Waals surface area contributed by atoms with Crippen LogP contribution >= 0.6 is 0 Å². The van der Waals surface area contributed by atoms with Gasteiger partial charge in [0, 0.05) is 11.8 Å². The van der Waals surface area contributed by atoms with Gasteiger partial charge in [0.15, 0.2) is 6.04 Å². The third-order valence-corrected chi connectivity index (χ3v) is 2.66. The van der Waals surface area contributed by atoms with E-state index in [4.69, 9.17) is 9.47 Å². The first-order valence-corrected chi connectivity index (χ1v) is 6.14. The van der Waals surface area contributed by atoms with Crippen molar-refractivity contribution in [3.05, 3.63) is 24.0 Å². The summed E-state index contributed by atoms with van der Waals surface area (Å²) < 4.78 is 10.0. The molecule has 0 spiro atoms. The summed E-state index contributed by atoms with van der Waals surface area (Å²) in [5.41, 5.74) is 3.25. The normalized spacial score (nSPS) is 17.6. The van der Waals surface area contributed by atoms with E-state index in [0.29, 0.717) is 11.3 Å². The number of carbonyl (C=O) groups is 2. The summed E-state index contributed by atoms with van der Waals surface area (Å²) in [7, 11) is 1.29. The molecule has 108 valence electrons. The van der Waals surface area contributed by atoms with Crippen molar-refractivity contribution >= 4 is 17.7 Å². The van der Waals surface area contributed by atoms with Crippen LogP contribution in [0.1, 0.15) is 32.4 Å². The summed E-state index contributed by atoms with van der Waals surface area (Å²) in [6.07, 6.45) is 2.45. The maximum absolute atomic E-state index is 12.1. The monoisotopic (exact) mass is 279 g/mol. The fourth-order valence-electron chi connectivity index (χ4n) is 1.85. The Morgan fingerprint density at radius 2 is 2.10 bits per heavy atom. The average Bonchev–Trinajstić information content (AvgIpc) is 2.75. The van der Waals surface area contributed by atoms with Gasteiger partial charge in [-0.2, -0.15) is 0 Å². The Labute approximate surface area is 116 Å². The van der Waals surface area contributed by atoms with Gasteiger partial charge in [0.2, 0.25) is 0 Å². The van der Waals surface area contributed by atoms with E-state index in [2.05, 4.69) is 10.4 Å². The lowest BCUT2D eigenvalue weighted by Crippen LogP contribution is -2.44. The molecule has 2 rings (SSSR count). The minimum absolute atomic E-state index is 0.483. The largest absolute Gasteiger partial charge is 0.468 e. The second-order valence-corrected chi connectivity index (χ2v) is 5.34. The Hall–Kier alpha value is -2.15. The van der Waals surface area contributed by atoms with Crippen molar-refractivity contribution in [1.82, 2.24) is 10.4 Å². The number of carbonyl (C=O) groups excluding carboxylic acids is 2. The molecule has 1 aliphatic rings. The molecule has 0 unspecified atom stereocenters. The molecule has 0 saturated heterocycles. The van der Waals surface area contributed by atoms with E-state index in [0.717, 1.165) is 0 Å². The Balaban J connectivity index is 2.30. The maximum atomic E-state index is 12.1.